The lowest BCUT2D eigenvalue weighted by Gasteiger charge is -2.19. The zero-order chi connectivity index (χ0) is 15.0. The minimum absolute atomic E-state index is 0.00680. The van der Waals surface area contributed by atoms with Gasteiger partial charge in [0.1, 0.15) is 12.3 Å². The van der Waals surface area contributed by atoms with Crippen molar-refractivity contribution in [3.63, 3.8) is 0 Å². The van der Waals surface area contributed by atoms with Gasteiger partial charge >= 0.3 is 5.97 Å². The van der Waals surface area contributed by atoms with Gasteiger partial charge in [0, 0.05) is 6.54 Å². The molecule has 0 unspecified atom stereocenters. The van der Waals surface area contributed by atoms with Crippen molar-refractivity contribution in [2.24, 2.45) is 0 Å². The zero-order valence-corrected chi connectivity index (χ0v) is 12.2. The molecule has 5 heteroatoms. The molecule has 0 saturated carbocycles. The highest BCUT2D eigenvalue weighted by Crippen LogP contribution is 2.13. The molecule has 0 aliphatic carbocycles. The van der Waals surface area contributed by atoms with Gasteiger partial charge in [0.05, 0.1) is 20.1 Å². The number of likely N-dealkylation sites (N-methyl/N-ethyl adjacent to an activating group) is 1. The Morgan fingerprint density at radius 2 is 2.00 bits per heavy atom. The fraction of sp³-hybridized carbons (Fsp3) is 0.467. The molecule has 0 spiro atoms. The van der Waals surface area contributed by atoms with Gasteiger partial charge in [-0.05, 0) is 31.5 Å². The summed E-state index contributed by atoms with van der Waals surface area (Å²) in [7, 11) is 1.58. The molecule has 0 aliphatic heterocycles. The summed E-state index contributed by atoms with van der Waals surface area (Å²) in [5.74, 6) is 0.228. The van der Waals surface area contributed by atoms with Gasteiger partial charge in [-0.15, -0.1) is 0 Å². The quantitative estimate of drug-likeness (QED) is 0.712. The van der Waals surface area contributed by atoms with E-state index in [-0.39, 0.29) is 24.8 Å². The Morgan fingerprint density at radius 3 is 2.60 bits per heavy atom. The summed E-state index contributed by atoms with van der Waals surface area (Å²) in [6.07, 6.45) is 0.241. The molecule has 0 heterocycles. The molecule has 1 rings (SSSR count). The van der Waals surface area contributed by atoms with Crippen LogP contribution >= 0.6 is 0 Å². The third kappa shape index (κ3) is 4.91. The molecule has 1 aromatic rings. The maximum Gasteiger partial charge on any atom is 0.325 e. The lowest BCUT2D eigenvalue weighted by atomic mass is 10.1. The van der Waals surface area contributed by atoms with Crippen molar-refractivity contribution in [2.45, 2.75) is 20.3 Å². The number of carbonyl (C=O) groups excluding carboxylic acids is 2. The molecule has 110 valence electrons. The maximum atomic E-state index is 12.2. The Morgan fingerprint density at radius 1 is 1.25 bits per heavy atom. The minimum Gasteiger partial charge on any atom is -0.497 e. The SMILES string of the molecule is CCOC(=O)CN(CC)C(=O)Cc1cccc(OC)c1. The van der Waals surface area contributed by atoms with Gasteiger partial charge in [-0.1, -0.05) is 12.1 Å². The van der Waals surface area contributed by atoms with Gasteiger partial charge in [0.2, 0.25) is 5.91 Å². The van der Waals surface area contributed by atoms with E-state index < -0.39 is 0 Å². The van der Waals surface area contributed by atoms with Gasteiger partial charge < -0.3 is 14.4 Å². The predicted molar refractivity (Wildman–Crippen MR) is 75.6 cm³/mol. The van der Waals surface area contributed by atoms with Crippen LogP contribution in [-0.4, -0.2) is 43.6 Å². The van der Waals surface area contributed by atoms with Crippen LogP contribution in [0.4, 0.5) is 0 Å². The first-order valence-electron chi connectivity index (χ1n) is 6.67. The molecule has 5 nitrogen and oxygen atoms in total. The van der Waals surface area contributed by atoms with Crippen molar-refractivity contribution in [3.8, 4) is 5.75 Å². The van der Waals surface area contributed by atoms with E-state index in [1.807, 2.05) is 31.2 Å². The van der Waals surface area contributed by atoms with Crippen molar-refractivity contribution in [1.29, 1.82) is 0 Å². The smallest absolute Gasteiger partial charge is 0.325 e. The standard InChI is InChI=1S/C15H21NO4/c1-4-16(11-15(18)20-5-2)14(17)10-12-7-6-8-13(9-12)19-3/h6-9H,4-5,10-11H2,1-3H3. The molecule has 1 aromatic carbocycles. The second-order valence-corrected chi connectivity index (χ2v) is 4.24. The summed E-state index contributed by atoms with van der Waals surface area (Å²) in [4.78, 5) is 25.1. The fourth-order valence-corrected chi connectivity index (χ4v) is 1.81. The van der Waals surface area contributed by atoms with Crippen LogP contribution in [0.2, 0.25) is 0 Å². The Hall–Kier alpha value is -2.04. The first kappa shape index (κ1) is 16.0. The maximum absolute atomic E-state index is 12.2. The van der Waals surface area contributed by atoms with Crippen molar-refractivity contribution in [1.82, 2.24) is 4.90 Å². The number of methoxy groups -OCH3 is 1. The lowest BCUT2D eigenvalue weighted by molar-refractivity contribution is -0.148. The van der Waals surface area contributed by atoms with Crippen LogP contribution in [0, 0.1) is 0 Å². The van der Waals surface area contributed by atoms with Gasteiger partial charge in [0.25, 0.3) is 0 Å². The molecular formula is C15H21NO4. The monoisotopic (exact) mass is 279 g/mol. The Bertz CT molecular complexity index is 459. The molecule has 0 N–H and O–H groups in total. The fourth-order valence-electron chi connectivity index (χ4n) is 1.81. The third-order valence-electron chi connectivity index (χ3n) is 2.85. The molecule has 20 heavy (non-hydrogen) atoms. The van der Waals surface area contributed by atoms with Gasteiger partial charge in [-0.25, -0.2) is 0 Å². The lowest BCUT2D eigenvalue weighted by Crippen LogP contribution is -2.37. The van der Waals surface area contributed by atoms with Crippen molar-refractivity contribution in [2.75, 3.05) is 26.8 Å². The Balaban J connectivity index is 2.64. The molecule has 0 bridgehead atoms. The van der Waals surface area contributed by atoms with Crippen LogP contribution in [0.25, 0.3) is 0 Å². The second-order valence-electron chi connectivity index (χ2n) is 4.24. The van der Waals surface area contributed by atoms with Crippen molar-refractivity contribution in [3.05, 3.63) is 29.8 Å². The summed E-state index contributed by atoms with van der Waals surface area (Å²) in [5, 5.41) is 0. The zero-order valence-electron chi connectivity index (χ0n) is 12.2. The van der Waals surface area contributed by atoms with E-state index in [9.17, 15) is 9.59 Å². The van der Waals surface area contributed by atoms with E-state index in [2.05, 4.69) is 0 Å². The summed E-state index contributed by atoms with van der Waals surface area (Å²) >= 11 is 0. The molecule has 0 fully saturated rings. The average Bonchev–Trinajstić information content (AvgIpc) is 2.45. The molecule has 0 aliphatic rings. The number of carbonyl (C=O) groups is 2. The first-order valence-corrected chi connectivity index (χ1v) is 6.67. The Labute approximate surface area is 119 Å². The molecule has 0 radical (unpaired) electrons. The van der Waals surface area contributed by atoms with Gasteiger partial charge in [0.15, 0.2) is 0 Å². The highest BCUT2D eigenvalue weighted by molar-refractivity contribution is 5.83. The first-order chi connectivity index (χ1) is 9.60. The largest absolute Gasteiger partial charge is 0.497 e. The van der Waals surface area contributed by atoms with Gasteiger partial charge in [-0.3, -0.25) is 9.59 Å². The number of esters is 1. The van der Waals surface area contributed by atoms with Crippen molar-refractivity contribution >= 4 is 11.9 Å². The highest BCUT2D eigenvalue weighted by Gasteiger charge is 2.16. The molecule has 0 aromatic heterocycles. The number of hydrogen-bond donors (Lipinski definition) is 0. The van der Waals surface area contributed by atoms with E-state index in [1.54, 1.807) is 14.0 Å². The second kappa shape index (κ2) is 8.19. The van der Waals surface area contributed by atoms with Crippen LogP contribution < -0.4 is 4.74 Å². The van der Waals surface area contributed by atoms with Crippen LogP contribution in [0.15, 0.2) is 24.3 Å². The van der Waals surface area contributed by atoms with E-state index in [0.29, 0.717) is 18.9 Å². The van der Waals surface area contributed by atoms with Crippen LogP contribution in [0.1, 0.15) is 19.4 Å². The third-order valence-corrected chi connectivity index (χ3v) is 2.85. The topological polar surface area (TPSA) is 55.8 Å². The average molecular weight is 279 g/mol. The molecule has 1 amide bonds. The molecule has 0 saturated heterocycles. The highest BCUT2D eigenvalue weighted by atomic mass is 16.5. The van der Waals surface area contributed by atoms with E-state index >= 15 is 0 Å². The number of nitrogens with zero attached hydrogens (tertiary/aromatic N) is 1. The summed E-state index contributed by atoms with van der Waals surface area (Å²) in [6.45, 7) is 4.37. The number of benzene rings is 1. The van der Waals surface area contributed by atoms with E-state index in [4.69, 9.17) is 9.47 Å². The van der Waals surface area contributed by atoms with E-state index in [0.717, 1.165) is 5.56 Å². The number of hydrogen-bond acceptors (Lipinski definition) is 4. The van der Waals surface area contributed by atoms with Gasteiger partial charge in [-0.2, -0.15) is 0 Å². The normalized spacial score (nSPS) is 9.95. The predicted octanol–water partition coefficient (Wildman–Crippen LogP) is 1.65. The van der Waals surface area contributed by atoms with Crippen LogP contribution in [0.3, 0.4) is 0 Å². The summed E-state index contributed by atoms with van der Waals surface area (Å²) in [5.41, 5.74) is 0.858. The summed E-state index contributed by atoms with van der Waals surface area (Å²) in [6, 6.07) is 7.34. The molecular weight excluding hydrogens is 258 g/mol. The summed E-state index contributed by atoms with van der Waals surface area (Å²) < 4.78 is 9.98. The number of amides is 1. The molecule has 0 atom stereocenters. The van der Waals surface area contributed by atoms with Crippen LogP contribution in [0.5, 0.6) is 5.75 Å². The van der Waals surface area contributed by atoms with E-state index in [1.165, 1.54) is 4.90 Å². The number of ether oxygens (including phenoxy) is 2. The van der Waals surface area contributed by atoms with Crippen LogP contribution in [-0.2, 0) is 20.7 Å². The minimum atomic E-state index is -0.381. The van der Waals surface area contributed by atoms with Crippen molar-refractivity contribution < 1.29 is 19.1 Å². The Kier molecular flexibility index (Phi) is 6.56. The number of rotatable bonds is 7.